The highest BCUT2D eigenvalue weighted by Crippen LogP contribution is 2.45. The summed E-state index contributed by atoms with van der Waals surface area (Å²) in [5.41, 5.74) is 0. The Labute approximate surface area is 84.3 Å². The average molecular weight is 196 g/mol. The van der Waals surface area contributed by atoms with E-state index in [1.807, 2.05) is 0 Å². The SMILES string of the molecule is C=C(F)CC(O)CC1CC2C=CC1C2. The van der Waals surface area contributed by atoms with E-state index in [0.29, 0.717) is 11.8 Å². The summed E-state index contributed by atoms with van der Waals surface area (Å²) in [6.45, 7) is 3.18. The molecule has 0 aromatic heterocycles. The van der Waals surface area contributed by atoms with Crippen LogP contribution in [0.15, 0.2) is 24.6 Å². The normalized spacial score (nSPS) is 36.3. The van der Waals surface area contributed by atoms with E-state index in [4.69, 9.17) is 0 Å². The molecule has 2 aliphatic carbocycles. The van der Waals surface area contributed by atoms with Crippen molar-refractivity contribution in [3.05, 3.63) is 24.6 Å². The van der Waals surface area contributed by atoms with Crippen LogP contribution in [0, 0.1) is 17.8 Å². The van der Waals surface area contributed by atoms with E-state index >= 15 is 0 Å². The molecule has 2 heteroatoms. The lowest BCUT2D eigenvalue weighted by Crippen LogP contribution is -2.16. The quantitative estimate of drug-likeness (QED) is 0.685. The van der Waals surface area contributed by atoms with Crippen molar-refractivity contribution < 1.29 is 9.50 Å². The van der Waals surface area contributed by atoms with Gasteiger partial charge in [0, 0.05) is 6.42 Å². The van der Waals surface area contributed by atoms with E-state index in [1.54, 1.807) is 0 Å². The molecule has 1 fully saturated rings. The van der Waals surface area contributed by atoms with Gasteiger partial charge < -0.3 is 5.11 Å². The molecule has 0 amide bonds. The summed E-state index contributed by atoms with van der Waals surface area (Å²) in [5, 5.41) is 9.58. The predicted molar refractivity (Wildman–Crippen MR) is 54.3 cm³/mol. The summed E-state index contributed by atoms with van der Waals surface area (Å²) in [6.07, 6.45) is 7.26. The zero-order chi connectivity index (χ0) is 10.1. The van der Waals surface area contributed by atoms with Gasteiger partial charge in [-0.3, -0.25) is 0 Å². The third-order valence-corrected chi connectivity index (χ3v) is 3.45. The smallest absolute Gasteiger partial charge is 0.0953 e. The molecule has 0 saturated heterocycles. The lowest BCUT2D eigenvalue weighted by molar-refractivity contribution is 0.129. The first-order valence-electron chi connectivity index (χ1n) is 5.35. The maximum atomic E-state index is 12.4. The largest absolute Gasteiger partial charge is 0.393 e. The van der Waals surface area contributed by atoms with Crippen LogP contribution in [-0.2, 0) is 0 Å². The van der Waals surface area contributed by atoms with Crippen LogP contribution >= 0.6 is 0 Å². The van der Waals surface area contributed by atoms with Crippen molar-refractivity contribution in [1.82, 2.24) is 0 Å². The molecule has 0 aliphatic heterocycles. The van der Waals surface area contributed by atoms with E-state index < -0.39 is 11.9 Å². The fourth-order valence-electron chi connectivity index (χ4n) is 2.85. The zero-order valence-electron chi connectivity index (χ0n) is 8.32. The monoisotopic (exact) mass is 196 g/mol. The van der Waals surface area contributed by atoms with Crippen LogP contribution in [0.5, 0.6) is 0 Å². The van der Waals surface area contributed by atoms with E-state index in [-0.39, 0.29) is 6.42 Å². The van der Waals surface area contributed by atoms with Gasteiger partial charge in [-0.05, 0) is 37.0 Å². The van der Waals surface area contributed by atoms with Gasteiger partial charge in [0.05, 0.1) is 11.9 Å². The van der Waals surface area contributed by atoms with E-state index in [9.17, 15) is 9.50 Å². The standard InChI is InChI=1S/C12H17FO/c1-8(13)4-12(14)7-11-6-9-2-3-10(11)5-9/h2-3,9-12,14H,1,4-7H2. The summed E-state index contributed by atoms with van der Waals surface area (Å²) in [4.78, 5) is 0. The number of rotatable bonds is 4. The maximum absolute atomic E-state index is 12.4. The Morgan fingerprint density at radius 1 is 1.50 bits per heavy atom. The van der Waals surface area contributed by atoms with Crippen LogP contribution in [-0.4, -0.2) is 11.2 Å². The van der Waals surface area contributed by atoms with Crippen molar-refractivity contribution in [2.24, 2.45) is 17.8 Å². The number of allylic oxidation sites excluding steroid dienone is 2. The highest BCUT2D eigenvalue weighted by molar-refractivity contribution is 5.10. The van der Waals surface area contributed by atoms with Crippen molar-refractivity contribution in [2.45, 2.75) is 31.8 Å². The van der Waals surface area contributed by atoms with E-state index in [0.717, 1.165) is 12.3 Å². The van der Waals surface area contributed by atoms with Crippen molar-refractivity contribution in [3.63, 3.8) is 0 Å². The Balaban J connectivity index is 1.81. The van der Waals surface area contributed by atoms with E-state index in [2.05, 4.69) is 18.7 Å². The van der Waals surface area contributed by atoms with Crippen LogP contribution in [0.4, 0.5) is 4.39 Å². The minimum atomic E-state index is -0.537. The minimum absolute atomic E-state index is 0.109. The molecule has 4 unspecified atom stereocenters. The molecular formula is C12H17FO. The first-order chi connectivity index (χ1) is 6.65. The number of fused-ring (bicyclic) bond motifs is 2. The van der Waals surface area contributed by atoms with Gasteiger partial charge in [0.1, 0.15) is 0 Å². The Morgan fingerprint density at radius 3 is 2.79 bits per heavy atom. The molecule has 0 radical (unpaired) electrons. The molecular weight excluding hydrogens is 179 g/mol. The summed E-state index contributed by atoms with van der Waals surface area (Å²) >= 11 is 0. The fraction of sp³-hybridized carbons (Fsp3) is 0.667. The molecule has 2 aliphatic rings. The fourth-order valence-corrected chi connectivity index (χ4v) is 2.85. The van der Waals surface area contributed by atoms with Gasteiger partial charge >= 0.3 is 0 Å². The van der Waals surface area contributed by atoms with Crippen molar-refractivity contribution in [1.29, 1.82) is 0 Å². The second-order valence-electron chi connectivity index (χ2n) is 4.65. The molecule has 14 heavy (non-hydrogen) atoms. The van der Waals surface area contributed by atoms with Crippen LogP contribution in [0.2, 0.25) is 0 Å². The maximum Gasteiger partial charge on any atom is 0.0953 e. The third kappa shape index (κ3) is 2.06. The average Bonchev–Trinajstić information content (AvgIpc) is 2.62. The molecule has 4 atom stereocenters. The lowest BCUT2D eigenvalue weighted by atomic mass is 9.88. The molecule has 0 aromatic carbocycles. The van der Waals surface area contributed by atoms with Gasteiger partial charge in [0.2, 0.25) is 0 Å². The number of hydrogen-bond donors (Lipinski definition) is 1. The predicted octanol–water partition coefficient (Wildman–Crippen LogP) is 2.82. The van der Waals surface area contributed by atoms with E-state index in [1.165, 1.54) is 12.8 Å². The molecule has 0 heterocycles. The molecule has 0 aromatic rings. The molecule has 1 N–H and O–H groups in total. The first-order valence-corrected chi connectivity index (χ1v) is 5.35. The Kier molecular flexibility index (Phi) is 2.73. The number of aliphatic hydroxyl groups is 1. The molecule has 1 nitrogen and oxygen atoms in total. The van der Waals surface area contributed by atoms with Gasteiger partial charge in [-0.1, -0.05) is 18.7 Å². The second kappa shape index (κ2) is 3.85. The van der Waals surface area contributed by atoms with Crippen molar-refractivity contribution >= 4 is 0 Å². The highest BCUT2D eigenvalue weighted by atomic mass is 19.1. The summed E-state index contributed by atoms with van der Waals surface area (Å²) in [6, 6.07) is 0. The van der Waals surface area contributed by atoms with Crippen molar-refractivity contribution in [3.8, 4) is 0 Å². The minimum Gasteiger partial charge on any atom is -0.393 e. The lowest BCUT2D eigenvalue weighted by Gasteiger charge is -2.20. The third-order valence-electron chi connectivity index (χ3n) is 3.45. The molecule has 1 saturated carbocycles. The molecule has 2 bridgehead atoms. The molecule has 78 valence electrons. The second-order valence-corrected chi connectivity index (χ2v) is 4.65. The highest BCUT2D eigenvalue weighted by Gasteiger charge is 2.36. The van der Waals surface area contributed by atoms with Gasteiger partial charge in [0.15, 0.2) is 0 Å². The molecule has 0 spiro atoms. The first kappa shape index (κ1) is 9.91. The Bertz CT molecular complexity index is 259. The van der Waals surface area contributed by atoms with Crippen molar-refractivity contribution in [2.75, 3.05) is 0 Å². The van der Waals surface area contributed by atoms with Gasteiger partial charge in [-0.2, -0.15) is 0 Å². The topological polar surface area (TPSA) is 20.2 Å². The van der Waals surface area contributed by atoms with Crippen LogP contribution in [0.3, 0.4) is 0 Å². The van der Waals surface area contributed by atoms with Crippen LogP contribution < -0.4 is 0 Å². The number of aliphatic hydroxyl groups excluding tert-OH is 1. The van der Waals surface area contributed by atoms with Gasteiger partial charge in [-0.25, -0.2) is 4.39 Å². The zero-order valence-corrected chi connectivity index (χ0v) is 8.32. The molecule has 2 rings (SSSR count). The van der Waals surface area contributed by atoms with Crippen LogP contribution in [0.25, 0.3) is 0 Å². The summed E-state index contributed by atoms with van der Waals surface area (Å²) < 4.78 is 12.4. The van der Waals surface area contributed by atoms with Crippen LogP contribution in [0.1, 0.15) is 25.7 Å². The number of hydrogen-bond acceptors (Lipinski definition) is 1. The number of halogens is 1. The van der Waals surface area contributed by atoms with Gasteiger partial charge in [0.25, 0.3) is 0 Å². The Morgan fingerprint density at radius 2 is 2.29 bits per heavy atom. The summed E-state index contributed by atoms with van der Waals surface area (Å²) in [7, 11) is 0. The Hall–Kier alpha value is -0.630. The summed E-state index contributed by atoms with van der Waals surface area (Å²) in [5.74, 6) is 1.53. The van der Waals surface area contributed by atoms with Gasteiger partial charge in [-0.15, -0.1) is 0 Å².